The molecule has 106 valence electrons. The van der Waals surface area contributed by atoms with Crippen LogP contribution in [-0.2, 0) is 16.4 Å². The van der Waals surface area contributed by atoms with Gasteiger partial charge in [0, 0.05) is 25.4 Å². The van der Waals surface area contributed by atoms with Crippen molar-refractivity contribution >= 4 is 9.84 Å². The molecule has 1 aromatic rings. The van der Waals surface area contributed by atoms with Crippen molar-refractivity contribution in [2.45, 2.75) is 30.8 Å². The van der Waals surface area contributed by atoms with Gasteiger partial charge in [0.2, 0.25) is 0 Å². The van der Waals surface area contributed by atoms with Crippen molar-refractivity contribution in [3.63, 3.8) is 0 Å². The molecular formula is C14H22N2O2S. The number of nitrogens with one attached hydrogen (secondary N) is 2. The molecule has 4 nitrogen and oxygen atoms in total. The molecule has 1 fully saturated rings. The zero-order valence-electron chi connectivity index (χ0n) is 11.5. The number of hydrogen-bond acceptors (Lipinski definition) is 4. The summed E-state index contributed by atoms with van der Waals surface area (Å²) >= 11 is 0. The van der Waals surface area contributed by atoms with Crippen LogP contribution in [0.5, 0.6) is 0 Å². The standard InChI is InChI=1S/C14H22N2O2S/c1-11-7-8-16-14(11)10-15-9-12-3-5-13(6-4-12)19(2,17)18/h3-6,11,14-16H,7-10H2,1-2H3. The van der Waals surface area contributed by atoms with E-state index in [1.165, 1.54) is 12.7 Å². The molecule has 1 heterocycles. The summed E-state index contributed by atoms with van der Waals surface area (Å²) in [6.07, 6.45) is 2.48. The minimum Gasteiger partial charge on any atom is -0.312 e. The number of sulfone groups is 1. The first-order valence-electron chi connectivity index (χ1n) is 6.70. The van der Waals surface area contributed by atoms with Crippen LogP contribution in [0.4, 0.5) is 0 Å². The van der Waals surface area contributed by atoms with Crippen LogP contribution >= 0.6 is 0 Å². The van der Waals surface area contributed by atoms with Crippen molar-refractivity contribution in [1.29, 1.82) is 0 Å². The predicted molar refractivity (Wildman–Crippen MR) is 76.8 cm³/mol. The molecule has 1 aromatic carbocycles. The molecule has 0 saturated carbocycles. The largest absolute Gasteiger partial charge is 0.312 e. The maximum absolute atomic E-state index is 11.3. The van der Waals surface area contributed by atoms with Crippen molar-refractivity contribution in [2.24, 2.45) is 5.92 Å². The number of benzene rings is 1. The summed E-state index contributed by atoms with van der Waals surface area (Å²) in [5.41, 5.74) is 1.11. The summed E-state index contributed by atoms with van der Waals surface area (Å²) in [5.74, 6) is 0.722. The SMILES string of the molecule is CC1CCNC1CNCc1ccc(S(C)(=O)=O)cc1. The highest BCUT2D eigenvalue weighted by Gasteiger charge is 2.21. The third-order valence-corrected chi connectivity index (χ3v) is 4.87. The van der Waals surface area contributed by atoms with E-state index < -0.39 is 9.84 Å². The second-order valence-corrected chi connectivity index (χ2v) is 7.39. The predicted octanol–water partition coefficient (Wildman–Crippen LogP) is 1.18. The maximum atomic E-state index is 11.3. The maximum Gasteiger partial charge on any atom is 0.175 e. The van der Waals surface area contributed by atoms with Crippen molar-refractivity contribution in [1.82, 2.24) is 10.6 Å². The van der Waals surface area contributed by atoms with E-state index in [2.05, 4.69) is 17.6 Å². The van der Waals surface area contributed by atoms with Crippen LogP contribution in [0.15, 0.2) is 29.2 Å². The van der Waals surface area contributed by atoms with E-state index in [0.717, 1.165) is 31.1 Å². The van der Waals surface area contributed by atoms with Gasteiger partial charge in [0.15, 0.2) is 9.84 Å². The number of rotatable bonds is 5. The van der Waals surface area contributed by atoms with Crippen molar-refractivity contribution in [2.75, 3.05) is 19.3 Å². The fourth-order valence-corrected chi connectivity index (χ4v) is 3.03. The molecule has 1 saturated heterocycles. The van der Waals surface area contributed by atoms with Crippen LogP contribution in [0.3, 0.4) is 0 Å². The van der Waals surface area contributed by atoms with Crippen molar-refractivity contribution < 1.29 is 8.42 Å². The zero-order valence-corrected chi connectivity index (χ0v) is 12.3. The Hall–Kier alpha value is -0.910. The molecule has 0 radical (unpaired) electrons. The van der Waals surface area contributed by atoms with E-state index in [0.29, 0.717) is 10.9 Å². The fourth-order valence-electron chi connectivity index (χ4n) is 2.40. The Balaban J connectivity index is 1.83. The Kier molecular flexibility index (Phi) is 4.60. The van der Waals surface area contributed by atoms with E-state index >= 15 is 0 Å². The Morgan fingerprint density at radius 3 is 2.53 bits per heavy atom. The monoisotopic (exact) mass is 282 g/mol. The molecule has 1 aliphatic heterocycles. The Bertz CT molecular complexity index is 511. The van der Waals surface area contributed by atoms with Crippen molar-refractivity contribution in [3.8, 4) is 0 Å². The average Bonchev–Trinajstić information content (AvgIpc) is 2.75. The molecule has 1 aliphatic rings. The van der Waals surface area contributed by atoms with E-state index in [-0.39, 0.29) is 0 Å². The molecule has 0 amide bonds. The molecule has 2 N–H and O–H groups in total. The zero-order chi connectivity index (χ0) is 13.9. The molecule has 2 rings (SSSR count). The summed E-state index contributed by atoms with van der Waals surface area (Å²) < 4.78 is 22.7. The molecule has 0 aliphatic carbocycles. The smallest absolute Gasteiger partial charge is 0.175 e. The molecule has 2 unspecified atom stereocenters. The highest BCUT2D eigenvalue weighted by molar-refractivity contribution is 7.90. The van der Waals surface area contributed by atoms with Crippen LogP contribution in [0.2, 0.25) is 0 Å². The second-order valence-electron chi connectivity index (χ2n) is 5.37. The molecule has 2 atom stereocenters. The molecule has 0 bridgehead atoms. The summed E-state index contributed by atoms with van der Waals surface area (Å²) in [4.78, 5) is 0.377. The Morgan fingerprint density at radius 2 is 2.00 bits per heavy atom. The third-order valence-electron chi connectivity index (χ3n) is 3.74. The second kappa shape index (κ2) is 6.03. The highest BCUT2D eigenvalue weighted by atomic mass is 32.2. The first-order valence-corrected chi connectivity index (χ1v) is 8.59. The minimum atomic E-state index is -3.09. The van der Waals surface area contributed by atoms with Gasteiger partial charge in [0.1, 0.15) is 0 Å². The quantitative estimate of drug-likeness (QED) is 0.851. The van der Waals surface area contributed by atoms with Gasteiger partial charge in [-0.3, -0.25) is 0 Å². The van der Waals surface area contributed by atoms with Crippen LogP contribution in [0, 0.1) is 5.92 Å². The van der Waals surface area contributed by atoms with E-state index in [4.69, 9.17) is 0 Å². The molecule has 19 heavy (non-hydrogen) atoms. The lowest BCUT2D eigenvalue weighted by Gasteiger charge is -2.16. The Morgan fingerprint density at radius 1 is 1.32 bits per heavy atom. The van der Waals surface area contributed by atoms with Crippen LogP contribution in [0.25, 0.3) is 0 Å². The minimum absolute atomic E-state index is 0.377. The molecule has 0 spiro atoms. The lowest BCUT2D eigenvalue weighted by Crippen LogP contribution is -2.36. The fraction of sp³-hybridized carbons (Fsp3) is 0.571. The van der Waals surface area contributed by atoms with E-state index in [1.54, 1.807) is 12.1 Å². The highest BCUT2D eigenvalue weighted by Crippen LogP contribution is 2.14. The van der Waals surface area contributed by atoms with Gasteiger partial charge in [0.25, 0.3) is 0 Å². The van der Waals surface area contributed by atoms with Gasteiger partial charge in [-0.2, -0.15) is 0 Å². The average molecular weight is 282 g/mol. The normalized spacial score (nSPS) is 23.7. The van der Waals surface area contributed by atoms with Gasteiger partial charge in [-0.25, -0.2) is 8.42 Å². The van der Waals surface area contributed by atoms with E-state index in [1.807, 2.05) is 12.1 Å². The third kappa shape index (κ3) is 4.03. The summed E-state index contributed by atoms with van der Waals surface area (Å²) in [6, 6.07) is 7.63. The van der Waals surface area contributed by atoms with Gasteiger partial charge < -0.3 is 10.6 Å². The van der Waals surface area contributed by atoms with Gasteiger partial charge in [-0.05, 0) is 36.6 Å². The van der Waals surface area contributed by atoms with E-state index in [9.17, 15) is 8.42 Å². The van der Waals surface area contributed by atoms with Crippen LogP contribution in [-0.4, -0.2) is 33.8 Å². The summed E-state index contributed by atoms with van der Waals surface area (Å²) in [7, 11) is -3.09. The summed E-state index contributed by atoms with van der Waals surface area (Å²) in [5, 5.41) is 6.90. The lowest BCUT2D eigenvalue weighted by molar-refractivity contribution is 0.448. The van der Waals surface area contributed by atoms with Crippen molar-refractivity contribution in [3.05, 3.63) is 29.8 Å². The lowest BCUT2D eigenvalue weighted by atomic mass is 10.0. The van der Waals surface area contributed by atoms with Gasteiger partial charge >= 0.3 is 0 Å². The Labute approximate surface area is 115 Å². The molecule has 5 heteroatoms. The molecule has 0 aromatic heterocycles. The van der Waals surface area contributed by atoms with Crippen LogP contribution < -0.4 is 10.6 Å². The topological polar surface area (TPSA) is 58.2 Å². The number of hydrogen-bond donors (Lipinski definition) is 2. The van der Waals surface area contributed by atoms with Gasteiger partial charge in [0.05, 0.1) is 4.90 Å². The first kappa shape index (κ1) is 14.5. The molecular weight excluding hydrogens is 260 g/mol. The first-order chi connectivity index (χ1) is 8.97. The van der Waals surface area contributed by atoms with Gasteiger partial charge in [-0.1, -0.05) is 19.1 Å². The summed E-state index contributed by atoms with van der Waals surface area (Å²) in [6.45, 7) is 5.10. The van der Waals surface area contributed by atoms with Crippen LogP contribution in [0.1, 0.15) is 18.9 Å². The van der Waals surface area contributed by atoms with Gasteiger partial charge in [-0.15, -0.1) is 0 Å².